The first kappa shape index (κ1) is 11.5. The van der Waals surface area contributed by atoms with E-state index in [1.54, 1.807) is 12.1 Å². The molecule has 0 unspecified atom stereocenters. The summed E-state index contributed by atoms with van der Waals surface area (Å²) >= 11 is 0. The van der Waals surface area contributed by atoms with Crippen molar-refractivity contribution in [1.82, 2.24) is 10.2 Å². The van der Waals surface area contributed by atoms with Crippen LogP contribution < -0.4 is 5.73 Å². The van der Waals surface area contributed by atoms with Crippen LogP contribution in [-0.4, -0.2) is 30.0 Å². The summed E-state index contributed by atoms with van der Waals surface area (Å²) in [7, 11) is -3.55. The molecule has 7 heteroatoms. The number of hydrogen-bond donors (Lipinski definition) is 3. The Morgan fingerprint density at radius 1 is 1.35 bits per heavy atom. The van der Waals surface area contributed by atoms with Crippen LogP contribution in [0.3, 0.4) is 0 Å². The van der Waals surface area contributed by atoms with Crippen LogP contribution in [0.25, 0.3) is 11.1 Å². The molecule has 0 atom stereocenters. The van der Waals surface area contributed by atoms with Gasteiger partial charge in [-0.25, -0.2) is 8.42 Å². The molecule has 1 aromatic heterocycles. The zero-order valence-electron chi connectivity index (χ0n) is 9.01. The van der Waals surface area contributed by atoms with Gasteiger partial charge in [0.05, 0.1) is 6.20 Å². The molecule has 1 aromatic carbocycles. The molecule has 0 radical (unpaired) electrons. The van der Waals surface area contributed by atoms with Crippen LogP contribution >= 0.6 is 0 Å². The van der Waals surface area contributed by atoms with Crippen molar-refractivity contribution in [3.63, 3.8) is 0 Å². The Morgan fingerprint density at radius 3 is 2.59 bits per heavy atom. The maximum Gasteiger partial charge on any atom is 0.179 e. The Bertz CT molecular complexity index is 661. The van der Waals surface area contributed by atoms with Crippen LogP contribution in [0.2, 0.25) is 0 Å². The Balaban J connectivity index is 2.81. The van der Waals surface area contributed by atoms with Crippen molar-refractivity contribution >= 4 is 15.7 Å². The number of H-pyrrole nitrogens is 1. The first-order chi connectivity index (χ1) is 7.91. The second-order valence-electron chi connectivity index (χ2n) is 3.62. The predicted molar refractivity (Wildman–Crippen MR) is 63.2 cm³/mol. The molecule has 6 nitrogen and oxygen atoms in total. The van der Waals surface area contributed by atoms with Crippen molar-refractivity contribution in [2.75, 3.05) is 12.0 Å². The number of nitrogen functional groups attached to an aromatic ring is 1. The summed E-state index contributed by atoms with van der Waals surface area (Å²) in [5.41, 5.74) is 6.42. The molecular formula is C10H11N3O3S. The maximum absolute atomic E-state index is 11.6. The lowest BCUT2D eigenvalue weighted by Gasteiger charge is -2.08. The number of nitrogens with one attached hydrogen (secondary N) is 1. The number of phenols is 1. The number of benzene rings is 1. The van der Waals surface area contributed by atoms with Gasteiger partial charge in [0.25, 0.3) is 0 Å². The van der Waals surface area contributed by atoms with Crippen LogP contribution in [0, 0.1) is 0 Å². The number of anilines is 1. The summed E-state index contributed by atoms with van der Waals surface area (Å²) in [4.78, 5) is -0.145. The van der Waals surface area contributed by atoms with E-state index in [4.69, 9.17) is 5.73 Å². The van der Waals surface area contributed by atoms with Gasteiger partial charge < -0.3 is 10.8 Å². The molecule has 0 saturated heterocycles. The van der Waals surface area contributed by atoms with Crippen LogP contribution in [-0.2, 0) is 9.84 Å². The highest BCUT2D eigenvalue weighted by Gasteiger charge is 2.20. The lowest BCUT2D eigenvalue weighted by molar-refractivity contribution is 0.459. The minimum absolute atomic E-state index is 0.145. The minimum atomic E-state index is -3.55. The second-order valence-corrected chi connectivity index (χ2v) is 5.58. The van der Waals surface area contributed by atoms with Crippen molar-refractivity contribution in [3.05, 3.63) is 24.4 Å². The molecule has 17 heavy (non-hydrogen) atoms. The molecule has 2 rings (SSSR count). The number of hydrogen-bond acceptors (Lipinski definition) is 5. The average Bonchev–Trinajstić information content (AvgIpc) is 2.62. The Hall–Kier alpha value is -2.02. The summed E-state index contributed by atoms with van der Waals surface area (Å²) in [5.74, 6) is -0.0499. The van der Waals surface area contributed by atoms with E-state index < -0.39 is 9.84 Å². The van der Waals surface area contributed by atoms with Gasteiger partial charge in [-0.15, -0.1) is 0 Å². The zero-order chi connectivity index (χ0) is 12.6. The van der Waals surface area contributed by atoms with Gasteiger partial charge in [0.2, 0.25) is 0 Å². The molecule has 0 spiro atoms. The van der Waals surface area contributed by atoms with Crippen LogP contribution in [0.4, 0.5) is 5.82 Å². The van der Waals surface area contributed by atoms with Gasteiger partial charge in [-0.2, -0.15) is 5.10 Å². The van der Waals surface area contributed by atoms with Crippen molar-refractivity contribution in [2.45, 2.75) is 4.90 Å². The molecule has 1 heterocycles. The third kappa shape index (κ3) is 1.96. The summed E-state index contributed by atoms with van der Waals surface area (Å²) in [6.07, 6.45) is 2.45. The van der Waals surface area contributed by atoms with Gasteiger partial charge in [-0.3, -0.25) is 5.10 Å². The molecular weight excluding hydrogens is 242 g/mol. The third-order valence-corrected chi connectivity index (χ3v) is 3.49. The number of rotatable bonds is 2. The predicted octanol–water partition coefficient (Wildman–Crippen LogP) is 0.768. The molecule has 0 bridgehead atoms. The number of aromatic amines is 1. The zero-order valence-corrected chi connectivity index (χ0v) is 9.82. The van der Waals surface area contributed by atoms with E-state index in [0.29, 0.717) is 11.1 Å². The van der Waals surface area contributed by atoms with Gasteiger partial charge in [0.1, 0.15) is 16.5 Å². The quantitative estimate of drug-likeness (QED) is 0.732. The lowest BCUT2D eigenvalue weighted by Crippen LogP contribution is -2.01. The number of nitrogens with zero attached hydrogens (tertiary/aromatic N) is 1. The van der Waals surface area contributed by atoms with E-state index in [9.17, 15) is 13.5 Å². The highest BCUT2D eigenvalue weighted by Crippen LogP contribution is 2.35. The summed E-state index contributed by atoms with van der Waals surface area (Å²) in [6.45, 7) is 0. The smallest absolute Gasteiger partial charge is 0.179 e. The molecule has 0 fully saturated rings. The number of aromatic nitrogens is 2. The molecule has 0 amide bonds. The summed E-state index contributed by atoms with van der Waals surface area (Å²) < 4.78 is 23.3. The van der Waals surface area contributed by atoms with E-state index in [2.05, 4.69) is 10.2 Å². The summed E-state index contributed by atoms with van der Waals surface area (Å²) in [5, 5.41) is 15.9. The third-order valence-electron chi connectivity index (χ3n) is 2.32. The Morgan fingerprint density at radius 2 is 2.06 bits per heavy atom. The van der Waals surface area contributed by atoms with Crippen molar-refractivity contribution in [3.8, 4) is 16.9 Å². The average molecular weight is 253 g/mol. The number of aromatic hydroxyl groups is 1. The standard InChI is InChI=1S/C10H11N3O3S/c1-17(15,16)9-6(3-2-4-8(9)14)7-5-12-13-10(7)11/h2-5,14H,1H3,(H3,11,12,13). The second kappa shape index (κ2) is 3.77. The van der Waals surface area contributed by atoms with E-state index >= 15 is 0 Å². The lowest BCUT2D eigenvalue weighted by atomic mass is 10.1. The maximum atomic E-state index is 11.6. The number of phenolic OH excluding ortho intramolecular Hbond substituents is 1. The van der Waals surface area contributed by atoms with E-state index in [1.165, 1.54) is 12.3 Å². The van der Waals surface area contributed by atoms with Gasteiger partial charge in [-0.1, -0.05) is 12.1 Å². The largest absolute Gasteiger partial charge is 0.507 e. The monoisotopic (exact) mass is 253 g/mol. The highest BCUT2D eigenvalue weighted by atomic mass is 32.2. The summed E-state index contributed by atoms with van der Waals surface area (Å²) in [6, 6.07) is 4.43. The SMILES string of the molecule is CS(=O)(=O)c1c(O)cccc1-c1cn[nH]c1N. The molecule has 90 valence electrons. The number of nitrogens with two attached hydrogens (primary N) is 1. The Kier molecular flexibility index (Phi) is 2.55. The highest BCUT2D eigenvalue weighted by molar-refractivity contribution is 7.91. The molecule has 2 aromatic rings. The van der Waals surface area contributed by atoms with E-state index in [0.717, 1.165) is 6.26 Å². The van der Waals surface area contributed by atoms with Gasteiger partial charge in [-0.05, 0) is 6.07 Å². The van der Waals surface area contributed by atoms with E-state index in [1.807, 2.05) is 0 Å². The molecule has 0 saturated carbocycles. The van der Waals surface area contributed by atoms with E-state index in [-0.39, 0.29) is 16.5 Å². The number of sulfone groups is 1. The normalized spacial score (nSPS) is 11.6. The minimum Gasteiger partial charge on any atom is -0.507 e. The molecule has 0 aliphatic carbocycles. The van der Waals surface area contributed by atoms with Gasteiger partial charge in [0, 0.05) is 17.4 Å². The fourth-order valence-corrected chi connectivity index (χ4v) is 2.66. The van der Waals surface area contributed by atoms with Crippen molar-refractivity contribution < 1.29 is 13.5 Å². The fraction of sp³-hybridized carbons (Fsp3) is 0.100. The molecule has 0 aliphatic heterocycles. The first-order valence-electron chi connectivity index (χ1n) is 4.72. The topological polar surface area (TPSA) is 109 Å². The first-order valence-corrected chi connectivity index (χ1v) is 6.61. The Labute approximate surface area is 98.0 Å². The van der Waals surface area contributed by atoms with Crippen molar-refractivity contribution in [1.29, 1.82) is 0 Å². The molecule has 4 N–H and O–H groups in total. The van der Waals surface area contributed by atoms with Crippen molar-refractivity contribution in [2.24, 2.45) is 0 Å². The molecule has 0 aliphatic rings. The fourth-order valence-electron chi connectivity index (χ4n) is 1.64. The van der Waals surface area contributed by atoms with Crippen LogP contribution in [0.5, 0.6) is 5.75 Å². The van der Waals surface area contributed by atoms with Gasteiger partial charge in [0.15, 0.2) is 9.84 Å². The van der Waals surface area contributed by atoms with Crippen LogP contribution in [0.1, 0.15) is 0 Å². The van der Waals surface area contributed by atoms with Crippen LogP contribution in [0.15, 0.2) is 29.3 Å². The van der Waals surface area contributed by atoms with Gasteiger partial charge >= 0.3 is 0 Å².